The molecule has 1 aliphatic heterocycles. The number of hydrogen-bond donors (Lipinski definition) is 0. The van der Waals surface area contributed by atoms with E-state index in [4.69, 9.17) is 9.47 Å². The second-order valence-corrected chi connectivity index (χ2v) is 7.02. The molecule has 4 heteroatoms. The van der Waals surface area contributed by atoms with Crippen LogP contribution in [0.2, 0.25) is 0 Å². The van der Waals surface area contributed by atoms with Gasteiger partial charge in [0.25, 0.3) is 0 Å². The third kappa shape index (κ3) is 5.95. The van der Waals surface area contributed by atoms with Crippen LogP contribution in [0.25, 0.3) is 0 Å². The number of carbonyl (C=O) groups excluding carboxylic acids is 1. The summed E-state index contributed by atoms with van der Waals surface area (Å²) in [6.45, 7) is 10.8. The van der Waals surface area contributed by atoms with Crippen molar-refractivity contribution in [2.24, 2.45) is 0 Å². The van der Waals surface area contributed by atoms with Crippen LogP contribution in [0.1, 0.15) is 66.2 Å². The monoisotopic (exact) mass is 299 g/mol. The fraction of sp³-hybridized carbons (Fsp3) is 0.941. The van der Waals surface area contributed by atoms with Gasteiger partial charge < -0.3 is 9.47 Å². The van der Waals surface area contributed by atoms with Crippen molar-refractivity contribution < 1.29 is 14.3 Å². The van der Waals surface area contributed by atoms with Gasteiger partial charge in [0.05, 0.1) is 18.6 Å². The molecule has 1 saturated heterocycles. The fourth-order valence-electron chi connectivity index (χ4n) is 3.41. The van der Waals surface area contributed by atoms with Gasteiger partial charge in [-0.1, -0.05) is 12.8 Å². The minimum atomic E-state index is -0.243. The van der Waals surface area contributed by atoms with Gasteiger partial charge in [-0.15, -0.1) is 0 Å². The van der Waals surface area contributed by atoms with Crippen LogP contribution in [-0.4, -0.2) is 48.8 Å². The van der Waals surface area contributed by atoms with Gasteiger partial charge in [-0.2, -0.15) is 0 Å². The molecule has 1 aliphatic rings. The van der Waals surface area contributed by atoms with Crippen LogP contribution in [-0.2, 0) is 14.3 Å². The van der Waals surface area contributed by atoms with Crippen LogP contribution in [0, 0.1) is 0 Å². The summed E-state index contributed by atoms with van der Waals surface area (Å²) in [5.74, 6) is -0.101. The number of carbonyl (C=O) groups is 1. The van der Waals surface area contributed by atoms with Gasteiger partial charge in [-0.05, 0) is 60.0 Å². The maximum Gasteiger partial charge on any atom is 0.307 e. The van der Waals surface area contributed by atoms with Crippen LogP contribution in [0.15, 0.2) is 0 Å². The number of rotatable bonds is 7. The molecular weight excluding hydrogens is 266 g/mol. The molecule has 1 heterocycles. The van der Waals surface area contributed by atoms with Gasteiger partial charge in [0.15, 0.2) is 0 Å². The average Bonchev–Trinajstić information content (AvgIpc) is 2.67. The molecule has 124 valence electrons. The summed E-state index contributed by atoms with van der Waals surface area (Å²) in [7, 11) is 1.74. The number of esters is 1. The average molecular weight is 299 g/mol. The number of hydrogen-bond acceptors (Lipinski definition) is 4. The largest absolute Gasteiger partial charge is 0.466 e. The number of ether oxygens (including phenoxy) is 2. The van der Waals surface area contributed by atoms with Gasteiger partial charge in [-0.3, -0.25) is 9.69 Å². The van der Waals surface area contributed by atoms with Crippen molar-refractivity contribution in [3.63, 3.8) is 0 Å². The van der Waals surface area contributed by atoms with Crippen LogP contribution < -0.4 is 0 Å². The first-order chi connectivity index (χ1) is 9.83. The van der Waals surface area contributed by atoms with Crippen LogP contribution in [0.5, 0.6) is 0 Å². The van der Waals surface area contributed by atoms with E-state index in [1.807, 2.05) is 6.92 Å². The summed E-state index contributed by atoms with van der Waals surface area (Å²) >= 11 is 0. The van der Waals surface area contributed by atoms with Crippen molar-refractivity contribution in [1.29, 1.82) is 0 Å². The normalized spacial score (nSPS) is 20.6. The highest BCUT2D eigenvalue weighted by atomic mass is 16.5. The van der Waals surface area contributed by atoms with Gasteiger partial charge in [-0.25, -0.2) is 0 Å². The minimum absolute atomic E-state index is 0.101. The maximum atomic E-state index is 12.1. The molecule has 0 aromatic heterocycles. The Bertz CT molecular complexity index is 322. The highest BCUT2D eigenvalue weighted by molar-refractivity contribution is 5.70. The van der Waals surface area contributed by atoms with Crippen molar-refractivity contribution in [3.05, 3.63) is 0 Å². The molecule has 0 aromatic carbocycles. The van der Waals surface area contributed by atoms with E-state index in [0.717, 1.165) is 19.5 Å². The zero-order valence-corrected chi connectivity index (χ0v) is 14.5. The van der Waals surface area contributed by atoms with Crippen molar-refractivity contribution in [3.8, 4) is 0 Å². The zero-order valence-electron chi connectivity index (χ0n) is 14.5. The predicted molar refractivity (Wildman–Crippen MR) is 85.4 cm³/mol. The van der Waals surface area contributed by atoms with Crippen molar-refractivity contribution in [2.75, 3.05) is 26.8 Å². The summed E-state index contributed by atoms with van der Waals surface area (Å²) in [4.78, 5) is 14.6. The molecule has 0 bridgehead atoms. The van der Waals surface area contributed by atoms with Gasteiger partial charge >= 0.3 is 5.97 Å². The molecule has 0 amide bonds. The minimum Gasteiger partial charge on any atom is -0.466 e. The predicted octanol–water partition coefficient (Wildman–Crippen LogP) is 3.39. The van der Waals surface area contributed by atoms with Gasteiger partial charge in [0.1, 0.15) is 0 Å². The first-order valence-corrected chi connectivity index (χ1v) is 8.29. The van der Waals surface area contributed by atoms with E-state index in [-0.39, 0.29) is 17.1 Å². The Hall–Kier alpha value is -0.610. The van der Waals surface area contributed by atoms with Crippen molar-refractivity contribution >= 4 is 5.97 Å². The third-order valence-electron chi connectivity index (χ3n) is 4.56. The third-order valence-corrected chi connectivity index (χ3v) is 4.56. The summed E-state index contributed by atoms with van der Waals surface area (Å²) in [5.41, 5.74) is -0.441. The lowest BCUT2D eigenvalue weighted by molar-refractivity contribution is -0.147. The zero-order chi connectivity index (χ0) is 15.9. The Morgan fingerprint density at radius 3 is 2.14 bits per heavy atom. The lowest BCUT2D eigenvalue weighted by atomic mass is 9.83. The Morgan fingerprint density at radius 1 is 1.10 bits per heavy atom. The molecule has 0 aromatic rings. The maximum absolute atomic E-state index is 12.1. The number of nitrogens with zero attached hydrogens (tertiary/aromatic N) is 1. The Kier molecular flexibility index (Phi) is 7.14. The molecule has 1 atom stereocenters. The Labute approximate surface area is 130 Å². The van der Waals surface area contributed by atoms with E-state index < -0.39 is 0 Å². The molecule has 21 heavy (non-hydrogen) atoms. The summed E-state index contributed by atoms with van der Waals surface area (Å²) in [6, 6.07) is 0. The number of likely N-dealkylation sites (tertiary alicyclic amines) is 1. The van der Waals surface area contributed by atoms with E-state index in [9.17, 15) is 4.79 Å². The van der Waals surface area contributed by atoms with E-state index in [2.05, 4.69) is 25.7 Å². The summed E-state index contributed by atoms with van der Waals surface area (Å²) < 4.78 is 10.8. The lowest BCUT2D eigenvalue weighted by Crippen LogP contribution is -2.52. The summed E-state index contributed by atoms with van der Waals surface area (Å²) in [6.07, 6.45) is 6.28. The SMILES string of the molecule is CCOC(=O)CC(C)(CC(C)(C)OC)N1CCCCCC1. The second-order valence-electron chi connectivity index (χ2n) is 7.02. The Balaban J connectivity index is 2.87. The molecule has 0 spiro atoms. The van der Waals surface area contributed by atoms with E-state index >= 15 is 0 Å². The number of methoxy groups -OCH3 is 1. The van der Waals surface area contributed by atoms with E-state index in [1.54, 1.807) is 7.11 Å². The highest BCUT2D eigenvalue weighted by Gasteiger charge is 2.39. The van der Waals surface area contributed by atoms with Crippen LogP contribution in [0.3, 0.4) is 0 Å². The molecule has 0 saturated carbocycles. The fourth-order valence-corrected chi connectivity index (χ4v) is 3.41. The van der Waals surface area contributed by atoms with Crippen molar-refractivity contribution in [2.45, 2.75) is 77.4 Å². The second kappa shape index (κ2) is 8.14. The first kappa shape index (κ1) is 18.4. The lowest BCUT2D eigenvalue weighted by Gasteiger charge is -2.44. The van der Waals surface area contributed by atoms with Crippen LogP contribution in [0.4, 0.5) is 0 Å². The molecule has 0 N–H and O–H groups in total. The molecule has 0 radical (unpaired) electrons. The van der Waals surface area contributed by atoms with Gasteiger partial charge in [0, 0.05) is 12.6 Å². The topological polar surface area (TPSA) is 38.8 Å². The molecule has 1 rings (SSSR count). The summed E-state index contributed by atoms with van der Waals surface area (Å²) in [5, 5.41) is 0. The smallest absolute Gasteiger partial charge is 0.307 e. The molecule has 0 aliphatic carbocycles. The first-order valence-electron chi connectivity index (χ1n) is 8.29. The molecule has 1 fully saturated rings. The van der Waals surface area contributed by atoms with E-state index in [0.29, 0.717) is 13.0 Å². The van der Waals surface area contributed by atoms with Crippen molar-refractivity contribution in [1.82, 2.24) is 4.90 Å². The Morgan fingerprint density at radius 2 is 1.67 bits per heavy atom. The molecule has 1 unspecified atom stereocenters. The highest BCUT2D eigenvalue weighted by Crippen LogP contribution is 2.33. The molecular formula is C17H33NO3. The van der Waals surface area contributed by atoms with E-state index in [1.165, 1.54) is 25.7 Å². The quantitative estimate of drug-likeness (QED) is 0.676. The van der Waals surface area contributed by atoms with Gasteiger partial charge in [0.2, 0.25) is 0 Å². The standard InChI is InChI=1S/C17H33NO3/c1-6-21-15(19)13-17(4,14-16(2,3)20-5)18-11-9-7-8-10-12-18/h6-14H2,1-5H3. The molecule has 4 nitrogen and oxygen atoms in total. The van der Waals surface area contributed by atoms with Crippen LogP contribution >= 0.6 is 0 Å².